The average Bonchev–Trinajstić information content (AvgIpc) is 3.23. The van der Waals surface area contributed by atoms with Crippen LogP contribution in [0.2, 0.25) is 0 Å². The van der Waals surface area contributed by atoms with Crippen molar-refractivity contribution in [2.75, 3.05) is 24.3 Å². The number of hydrogen-bond donors (Lipinski definition) is 1. The number of aromatic nitrogens is 4. The van der Waals surface area contributed by atoms with Gasteiger partial charge in [-0.1, -0.05) is 30.3 Å². The van der Waals surface area contributed by atoms with Gasteiger partial charge in [-0.25, -0.2) is 0 Å². The molecule has 0 atom stereocenters. The minimum Gasteiger partial charge on any atom is -0.378 e. The van der Waals surface area contributed by atoms with Crippen molar-refractivity contribution in [1.29, 1.82) is 0 Å². The molecule has 0 aliphatic carbocycles. The quantitative estimate of drug-likeness (QED) is 0.534. The third-order valence-corrected chi connectivity index (χ3v) is 4.64. The van der Waals surface area contributed by atoms with Crippen LogP contribution in [0.5, 0.6) is 0 Å². The largest absolute Gasteiger partial charge is 0.378 e. The first kappa shape index (κ1) is 19.3. The summed E-state index contributed by atoms with van der Waals surface area (Å²) >= 11 is 0. The van der Waals surface area contributed by atoms with Crippen LogP contribution < -0.4 is 10.2 Å². The molecule has 30 heavy (non-hydrogen) atoms. The lowest BCUT2D eigenvalue weighted by Crippen LogP contribution is -2.17. The second-order valence-corrected chi connectivity index (χ2v) is 7.00. The number of nitrogens with one attached hydrogen (secondary N) is 1. The molecule has 0 aliphatic rings. The minimum atomic E-state index is -0.247. The topological polar surface area (TPSA) is 75.9 Å². The van der Waals surface area contributed by atoms with Crippen LogP contribution in [0.4, 0.5) is 11.6 Å². The zero-order chi connectivity index (χ0) is 20.9. The van der Waals surface area contributed by atoms with Crippen molar-refractivity contribution in [3.05, 3.63) is 90.3 Å². The summed E-state index contributed by atoms with van der Waals surface area (Å²) in [6, 6.07) is 20.9. The highest BCUT2D eigenvalue weighted by Gasteiger charge is 2.18. The van der Waals surface area contributed by atoms with Crippen molar-refractivity contribution in [2.24, 2.45) is 0 Å². The molecule has 0 radical (unpaired) electrons. The molecule has 2 aromatic heterocycles. The van der Waals surface area contributed by atoms with E-state index in [1.807, 2.05) is 61.5 Å². The fourth-order valence-electron chi connectivity index (χ4n) is 2.98. The Morgan fingerprint density at radius 1 is 1.00 bits per heavy atom. The third kappa shape index (κ3) is 4.20. The molecule has 7 nitrogen and oxygen atoms in total. The second kappa shape index (κ2) is 8.57. The minimum absolute atomic E-state index is 0.247. The van der Waals surface area contributed by atoms with E-state index < -0.39 is 0 Å². The summed E-state index contributed by atoms with van der Waals surface area (Å²) < 4.78 is 1.31. The SMILES string of the molecule is CN(C)c1ccc(CNc2nc(-c3cccnc3)nn2C(=O)c2ccccc2)cc1. The van der Waals surface area contributed by atoms with Gasteiger partial charge in [0.25, 0.3) is 5.91 Å². The van der Waals surface area contributed by atoms with Gasteiger partial charge in [0.1, 0.15) is 0 Å². The standard InChI is InChI=1S/C23H22N6O/c1-28(2)20-12-10-17(11-13-20)15-25-23-26-21(19-9-6-14-24-16-19)27-29(23)22(30)18-7-4-3-5-8-18/h3-14,16H,15H2,1-2H3,(H,25,26,27). The van der Waals surface area contributed by atoms with Crippen LogP contribution in [0, 0.1) is 0 Å². The van der Waals surface area contributed by atoms with Crippen LogP contribution in [-0.4, -0.2) is 39.8 Å². The summed E-state index contributed by atoms with van der Waals surface area (Å²) in [5.41, 5.74) is 3.49. The number of hydrogen-bond acceptors (Lipinski definition) is 6. The Kier molecular flexibility index (Phi) is 5.52. The molecule has 7 heteroatoms. The van der Waals surface area contributed by atoms with Crippen molar-refractivity contribution in [3.8, 4) is 11.4 Å². The number of anilines is 2. The molecule has 0 bridgehead atoms. The normalized spacial score (nSPS) is 10.6. The van der Waals surface area contributed by atoms with Gasteiger partial charge in [0.15, 0.2) is 5.82 Å². The van der Waals surface area contributed by atoms with E-state index in [4.69, 9.17) is 0 Å². The van der Waals surface area contributed by atoms with Gasteiger partial charge in [0, 0.05) is 49.8 Å². The molecule has 1 N–H and O–H groups in total. The van der Waals surface area contributed by atoms with Gasteiger partial charge in [-0.3, -0.25) is 9.78 Å². The predicted molar refractivity (Wildman–Crippen MR) is 118 cm³/mol. The monoisotopic (exact) mass is 398 g/mol. The van der Waals surface area contributed by atoms with Crippen molar-refractivity contribution in [1.82, 2.24) is 19.7 Å². The predicted octanol–water partition coefficient (Wildman–Crippen LogP) is 3.71. The highest BCUT2D eigenvalue weighted by atomic mass is 16.2. The molecule has 2 heterocycles. The lowest BCUT2D eigenvalue weighted by molar-refractivity contribution is 0.0947. The Labute approximate surface area is 175 Å². The van der Waals surface area contributed by atoms with Crippen LogP contribution in [0.25, 0.3) is 11.4 Å². The molecule has 0 spiro atoms. The van der Waals surface area contributed by atoms with Crippen LogP contribution in [0.1, 0.15) is 15.9 Å². The Balaban J connectivity index is 1.63. The third-order valence-electron chi connectivity index (χ3n) is 4.64. The maximum Gasteiger partial charge on any atom is 0.281 e. The first-order valence-corrected chi connectivity index (χ1v) is 9.59. The number of pyridine rings is 1. The molecule has 0 saturated heterocycles. The van der Waals surface area contributed by atoms with Gasteiger partial charge in [0.05, 0.1) is 0 Å². The van der Waals surface area contributed by atoms with Gasteiger partial charge in [-0.05, 0) is 42.0 Å². The van der Waals surface area contributed by atoms with Gasteiger partial charge >= 0.3 is 0 Å². The summed E-state index contributed by atoms with van der Waals surface area (Å²) in [5.74, 6) is 0.584. The average molecular weight is 398 g/mol. The number of carbonyl (C=O) groups excluding carboxylic acids is 1. The van der Waals surface area contributed by atoms with Crippen LogP contribution >= 0.6 is 0 Å². The van der Waals surface area contributed by atoms with Gasteiger partial charge in [-0.15, -0.1) is 5.10 Å². The molecule has 150 valence electrons. The first-order chi connectivity index (χ1) is 14.6. The molecule has 0 fully saturated rings. The Morgan fingerprint density at radius 2 is 1.77 bits per heavy atom. The number of nitrogens with zero attached hydrogens (tertiary/aromatic N) is 5. The molecule has 4 rings (SSSR count). The van der Waals surface area contributed by atoms with Crippen molar-refractivity contribution in [3.63, 3.8) is 0 Å². The van der Waals surface area contributed by atoms with E-state index in [1.165, 1.54) is 4.68 Å². The molecule has 4 aromatic rings. The number of rotatable bonds is 6. The van der Waals surface area contributed by atoms with Crippen LogP contribution in [0.15, 0.2) is 79.1 Å². The molecular formula is C23H22N6O. The fraction of sp³-hybridized carbons (Fsp3) is 0.130. The molecule has 0 unspecified atom stereocenters. The highest BCUT2D eigenvalue weighted by Crippen LogP contribution is 2.19. The van der Waals surface area contributed by atoms with Crippen molar-refractivity contribution >= 4 is 17.5 Å². The van der Waals surface area contributed by atoms with Crippen LogP contribution in [0.3, 0.4) is 0 Å². The summed E-state index contributed by atoms with van der Waals surface area (Å²) in [6.45, 7) is 0.515. The smallest absolute Gasteiger partial charge is 0.281 e. The van der Waals surface area contributed by atoms with E-state index in [0.717, 1.165) is 16.8 Å². The maximum atomic E-state index is 13.0. The molecule has 0 amide bonds. The lowest BCUT2D eigenvalue weighted by Gasteiger charge is -2.13. The van der Waals surface area contributed by atoms with Gasteiger partial charge in [-0.2, -0.15) is 9.67 Å². The zero-order valence-electron chi connectivity index (χ0n) is 16.9. The maximum absolute atomic E-state index is 13.0. The van der Waals surface area contributed by atoms with E-state index in [2.05, 4.69) is 32.5 Å². The summed E-state index contributed by atoms with van der Waals surface area (Å²) in [6.07, 6.45) is 3.36. The molecule has 0 saturated carbocycles. The van der Waals surface area contributed by atoms with Gasteiger partial charge in [0.2, 0.25) is 5.95 Å². The molecule has 0 aliphatic heterocycles. The Morgan fingerprint density at radius 3 is 2.43 bits per heavy atom. The number of benzene rings is 2. The first-order valence-electron chi connectivity index (χ1n) is 9.59. The fourth-order valence-corrected chi connectivity index (χ4v) is 2.98. The molecular weight excluding hydrogens is 376 g/mol. The number of carbonyl (C=O) groups is 1. The Hall–Kier alpha value is -4.00. The summed E-state index contributed by atoms with van der Waals surface area (Å²) in [4.78, 5) is 23.8. The van der Waals surface area contributed by atoms with Crippen molar-refractivity contribution in [2.45, 2.75) is 6.54 Å². The van der Waals surface area contributed by atoms with Crippen molar-refractivity contribution < 1.29 is 4.79 Å². The lowest BCUT2D eigenvalue weighted by atomic mass is 10.2. The summed E-state index contributed by atoms with van der Waals surface area (Å²) in [7, 11) is 4.01. The van der Waals surface area contributed by atoms with E-state index in [1.54, 1.807) is 24.5 Å². The van der Waals surface area contributed by atoms with E-state index >= 15 is 0 Å². The van der Waals surface area contributed by atoms with E-state index in [-0.39, 0.29) is 5.91 Å². The van der Waals surface area contributed by atoms with E-state index in [9.17, 15) is 4.79 Å². The molecule has 2 aromatic carbocycles. The van der Waals surface area contributed by atoms with Gasteiger partial charge < -0.3 is 10.2 Å². The van der Waals surface area contributed by atoms with E-state index in [0.29, 0.717) is 23.9 Å². The second-order valence-electron chi connectivity index (χ2n) is 7.00. The van der Waals surface area contributed by atoms with Crippen LogP contribution in [-0.2, 0) is 6.54 Å². The zero-order valence-corrected chi connectivity index (χ0v) is 16.9. The Bertz CT molecular complexity index is 1120. The highest BCUT2D eigenvalue weighted by molar-refractivity contribution is 5.97. The summed E-state index contributed by atoms with van der Waals surface area (Å²) in [5, 5.41) is 7.71.